The van der Waals surface area contributed by atoms with Crippen molar-refractivity contribution < 1.29 is 9.59 Å². The van der Waals surface area contributed by atoms with Crippen LogP contribution in [0, 0.1) is 19.3 Å². The molecule has 0 aliphatic rings. The topological polar surface area (TPSA) is 74.8 Å². The average Bonchev–Trinajstić information content (AvgIpc) is 3.65. The Morgan fingerprint density at radius 3 is 2.05 bits per heavy atom. The van der Waals surface area contributed by atoms with E-state index in [1.54, 1.807) is 6.08 Å². The molecule has 0 saturated heterocycles. The summed E-state index contributed by atoms with van der Waals surface area (Å²) in [4.78, 5) is 30.0. The molecule has 0 saturated carbocycles. The third kappa shape index (κ3) is 19.8. The molecule has 2 aromatic rings. The Balaban J connectivity index is -0.000000741. The van der Waals surface area contributed by atoms with E-state index in [0.29, 0.717) is 12.0 Å². The maximum absolute atomic E-state index is 11.7. The molecule has 5 nitrogen and oxygen atoms in total. The fraction of sp³-hybridized carbons (Fsp3) is 0.528. The standard InChI is InChI=1S/C19H21N3O2S.C9H20.C4H6.2C2H6/c1-5-6-16-13(3)21-9-17(16)18-10-25-19(22-18)12(2)7-15(14(4)24)8-20-11-23;1-3-5-7-9-8-6-4-2;1-3-4-2;2*1-2/h5-11,21H,1-4H3,(H,20,23);3-9H2,1-2H3;1H,4H2,2H3;2*1-2H3/b6-5-,12-7+,15-8+;;;;. The number of amides is 1. The summed E-state index contributed by atoms with van der Waals surface area (Å²) < 4.78 is 0. The first-order valence-corrected chi connectivity index (χ1v) is 16.5. The van der Waals surface area contributed by atoms with E-state index in [1.165, 1.54) is 69.4 Å². The Hall–Kier alpha value is -3.17. The lowest BCUT2D eigenvalue weighted by Crippen LogP contribution is -2.05. The van der Waals surface area contributed by atoms with E-state index in [1.807, 2.05) is 73.0 Å². The minimum atomic E-state index is -0.123. The second-order valence-corrected chi connectivity index (χ2v) is 9.73. The highest BCUT2D eigenvalue weighted by Gasteiger charge is 2.12. The van der Waals surface area contributed by atoms with Crippen molar-refractivity contribution >= 4 is 35.2 Å². The van der Waals surface area contributed by atoms with Gasteiger partial charge in [-0.3, -0.25) is 9.59 Å². The molecule has 6 heteroatoms. The van der Waals surface area contributed by atoms with Crippen LogP contribution in [-0.4, -0.2) is 22.2 Å². The SMILES string of the molecule is C#CCC.C/C=C\c1c(-c2csc(/C(C)=C/C(=C\NC=O)C(C)=O)n2)c[nH]c1C.CC.CC.CCCCCCCCC. The summed E-state index contributed by atoms with van der Waals surface area (Å²) in [5.41, 5.74) is 5.45. The number of hydrogen-bond acceptors (Lipinski definition) is 4. The van der Waals surface area contributed by atoms with Crippen molar-refractivity contribution in [1.29, 1.82) is 0 Å². The van der Waals surface area contributed by atoms with Gasteiger partial charge in [0.2, 0.25) is 6.41 Å². The van der Waals surface area contributed by atoms with Crippen molar-refractivity contribution in [2.24, 2.45) is 0 Å². The van der Waals surface area contributed by atoms with Crippen LogP contribution in [0.3, 0.4) is 0 Å². The average molecular weight is 598 g/mol. The van der Waals surface area contributed by atoms with Gasteiger partial charge in [0.1, 0.15) is 5.01 Å². The Morgan fingerprint density at radius 1 is 1.05 bits per heavy atom. The number of aryl methyl sites for hydroxylation is 1. The van der Waals surface area contributed by atoms with Crippen LogP contribution >= 0.6 is 11.3 Å². The summed E-state index contributed by atoms with van der Waals surface area (Å²) in [6.07, 6.45) is 25.3. The number of nitrogens with one attached hydrogen (secondary N) is 2. The molecule has 0 aliphatic heterocycles. The largest absolute Gasteiger partial charge is 0.364 e. The van der Waals surface area contributed by atoms with Gasteiger partial charge in [0.25, 0.3) is 0 Å². The summed E-state index contributed by atoms with van der Waals surface area (Å²) >= 11 is 1.52. The molecule has 2 heterocycles. The molecular weight excluding hydrogens is 538 g/mol. The zero-order valence-corrected chi connectivity index (χ0v) is 29.3. The van der Waals surface area contributed by atoms with Gasteiger partial charge in [-0.15, -0.1) is 23.7 Å². The van der Waals surface area contributed by atoms with Gasteiger partial charge in [-0.1, -0.05) is 106 Å². The van der Waals surface area contributed by atoms with Gasteiger partial charge in [-0.2, -0.15) is 0 Å². The molecule has 2 aromatic heterocycles. The van der Waals surface area contributed by atoms with Crippen LogP contribution in [0.4, 0.5) is 0 Å². The van der Waals surface area contributed by atoms with Crippen LogP contribution in [0.25, 0.3) is 22.9 Å². The number of H-pyrrole nitrogens is 1. The molecule has 2 N–H and O–H groups in total. The zero-order valence-electron chi connectivity index (χ0n) is 28.4. The molecular formula is C36H59N3O2S. The lowest BCUT2D eigenvalue weighted by molar-refractivity contribution is -0.113. The first kappa shape index (κ1) is 43.3. The third-order valence-electron chi connectivity index (χ3n) is 5.57. The maximum Gasteiger partial charge on any atom is 0.211 e. The van der Waals surface area contributed by atoms with Crippen molar-refractivity contribution in [3.8, 4) is 23.6 Å². The van der Waals surface area contributed by atoms with Gasteiger partial charge in [-0.25, -0.2) is 4.98 Å². The second kappa shape index (κ2) is 30.8. The fourth-order valence-corrected chi connectivity index (χ4v) is 4.20. The molecule has 0 bridgehead atoms. The Labute approximate surface area is 262 Å². The van der Waals surface area contributed by atoms with E-state index in [-0.39, 0.29) is 5.78 Å². The smallest absolute Gasteiger partial charge is 0.211 e. The quantitative estimate of drug-likeness (QED) is 0.0793. The Morgan fingerprint density at radius 2 is 1.60 bits per heavy atom. The summed E-state index contributed by atoms with van der Waals surface area (Å²) in [6, 6.07) is 0. The number of nitrogens with zero attached hydrogens (tertiary/aromatic N) is 1. The second-order valence-electron chi connectivity index (χ2n) is 8.87. The molecule has 236 valence electrons. The first-order chi connectivity index (χ1) is 20.3. The van der Waals surface area contributed by atoms with Gasteiger partial charge < -0.3 is 10.3 Å². The molecule has 0 aliphatic carbocycles. The normalized spacial score (nSPS) is 10.4. The summed E-state index contributed by atoms with van der Waals surface area (Å²) in [5, 5.41) is 5.24. The summed E-state index contributed by atoms with van der Waals surface area (Å²) in [7, 11) is 0. The Kier molecular flexibility index (Phi) is 31.7. The van der Waals surface area contributed by atoms with E-state index in [4.69, 9.17) is 11.4 Å². The van der Waals surface area contributed by atoms with Gasteiger partial charge >= 0.3 is 0 Å². The number of Topliss-reactive ketones (excluding diaryl/α,β-unsaturated/α-hetero) is 1. The van der Waals surface area contributed by atoms with Crippen LogP contribution in [0.15, 0.2) is 35.5 Å². The number of unbranched alkanes of at least 4 members (excludes halogenated alkanes) is 6. The number of thiazole rings is 1. The number of terminal acetylenes is 1. The van der Waals surface area contributed by atoms with Gasteiger partial charge in [0.15, 0.2) is 5.78 Å². The molecule has 0 atom stereocenters. The lowest BCUT2D eigenvalue weighted by Gasteiger charge is -2.00. The van der Waals surface area contributed by atoms with Crippen LogP contribution in [0.5, 0.6) is 0 Å². The predicted molar refractivity (Wildman–Crippen MR) is 188 cm³/mol. The number of allylic oxidation sites excluding steroid dienone is 4. The van der Waals surface area contributed by atoms with Crippen molar-refractivity contribution in [3.63, 3.8) is 0 Å². The fourth-order valence-electron chi connectivity index (χ4n) is 3.40. The van der Waals surface area contributed by atoms with E-state index in [2.05, 4.69) is 36.1 Å². The number of carbonyl (C=O) groups is 2. The van der Waals surface area contributed by atoms with Crippen LogP contribution in [0.2, 0.25) is 0 Å². The van der Waals surface area contributed by atoms with Crippen LogP contribution in [0.1, 0.15) is 137 Å². The minimum Gasteiger partial charge on any atom is -0.364 e. The van der Waals surface area contributed by atoms with E-state index >= 15 is 0 Å². The molecule has 1 amide bonds. The third-order valence-corrected chi connectivity index (χ3v) is 6.55. The predicted octanol–water partition coefficient (Wildman–Crippen LogP) is 10.9. The zero-order chi connectivity index (χ0) is 32.8. The number of rotatable bonds is 13. The lowest BCUT2D eigenvalue weighted by atomic mass is 10.1. The number of aromatic amines is 1. The van der Waals surface area contributed by atoms with E-state index < -0.39 is 0 Å². The van der Waals surface area contributed by atoms with Crippen molar-refractivity contribution in [2.45, 2.75) is 128 Å². The summed E-state index contributed by atoms with van der Waals surface area (Å²) in [6.45, 7) is 21.8. The van der Waals surface area contributed by atoms with Crippen molar-refractivity contribution in [1.82, 2.24) is 15.3 Å². The number of hydrogen-bond donors (Lipinski definition) is 2. The van der Waals surface area contributed by atoms with Gasteiger partial charge in [0, 0.05) is 46.6 Å². The van der Waals surface area contributed by atoms with Gasteiger partial charge in [-0.05, 0) is 39.3 Å². The van der Waals surface area contributed by atoms with Crippen LogP contribution in [-0.2, 0) is 9.59 Å². The van der Waals surface area contributed by atoms with Crippen molar-refractivity contribution in [3.05, 3.63) is 51.8 Å². The molecule has 0 radical (unpaired) electrons. The molecule has 0 fully saturated rings. The summed E-state index contributed by atoms with van der Waals surface area (Å²) in [5.74, 6) is 2.31. The first-order valence-electron chi connectivity index (χ1n) is 15.6. The highest BCUT2D eigenvalue weighted by Crippen LogP contribution is 2.31. The van der Waals surface area contributed by atoms with E-state index in [0.717, 1.165) is 39.5 Å². The number of carbonyl (C=O) groups excluding carboxylic acids is 2. The Bertz CT molecular complexity index is 1080. The molecule has 0 unspecified atom stereocenters. The van der Waals surface area contributed by atoms with Gasteiger partial charge in [0.05, 0.1) is 5.69 Å². The molecule has 0 spiro atoms. The minimum absolute atomic E-state index is 0.123. The van der Waals surface area contributed by atoms with E-state index in [9.17, 15) is 9.59 Å². The highest BCUT2D eigenvalue weighted by atomic mass is 32.1. The molecule has 2 rings (SSSR count). The highest BCUT2D eigenvalue weighted by molar-refractivity contribution is 7.11. The monoisotopic (exact) mass is 597 g/mol. The maximum atomic E-state index is 11.7. The number of ketones is 1. The number of aromatic nitrogens is 2. The molecule has 0 aromatic carbocycles. The van der Waals surface area contributed by atoms with Crippen molar-refractivity contribution in [2.75, 3.05) is 0 Å². The molecule has 42 heavy (non-hydrogen) atoms. The van der Waals surface area contributed by atoms with Crippen LogP contribution < -0.4 is 5.32 Å².